The number of benzene rings is 2. The van der Waals surface area contributed by atoms with Gasteiger partial charge in [-0.2, -0.15) is 0 Å². The number of hydrogen-bond acceptors (Lipinski definition) is 6. The molecule has 1 aliphatic rings. The van der Waals surface area contributed by atoms with Crippen molar-refractivity contribution < 1.29 is 28.5 Å². The summed E-state index contributed by atoms with van der Waals surface area (Å²) >= 11 is 0. The van der Waals surface area contributed by atoms with Crippen molar-refractivity contribution in [3.05, 3.63) is 77.2 Å². The molecule has 1 N–H and O–H groups in total. The van der Waals surface area contributed by atoms with Crippen molar-refractivity contribution in [3.63, 3.8) is 0 Å². The second-order valence-corrected chi connectivity index (χ2v) is 9.38. The number of carboxylic acids is 1. The molecule has 1 aliphatic carbocycles. The number of oxazole rings is 1. The standard InChI is InChI=1S/C23H31NO6.C7H8.C2H2/c1-4-27-21(23(25)26)14-29-19-10-6-9-18(12-19)28-13-20-16(3)30-22(24-20)17-8-5-7-15(2)11-17;1-7-5-3-2-4-6-7;1-2/h5,7-8,11,18-19,21H,4,6,9-10,12-14H2,1-3H3,(H,25,26);2-6H,1H3;1-2H. The lowest BCUT2D eigenvalue weighted by atomic mass is 9.95. The molecule has 3 unspecified atom stereocenters. The number of carboxylic acid groups (broad SMARTS) is 1. The molecule has 1 saturated carbocycles. The number of aromatic nitrogens is 1. The largest absolute Gasteiger partial charge is 0.479 e. The van der Waals surface area contributed by atoms with Gasteiger partial charge in [-0.3, -0.25) is 0 Å². The van der Waals surface area contributed by atoms with Gasteiger partial charge >= 0.3 is 5.97 Å². The second kappa shape index (κ2) is 17.2. The molecule has 0 saturated heterocycles. The molecule has 1 fully saturated rings. The van der Waals surface area contributed by atoms with Gasteiger partial charge in [0, 0.05) is 12.2 Å². The highest BCUT2D eigenvalue weighted by Crippen LogP contribution is 2.27. The van der Waals surface area contributed by atoms with E-state index in [0.717, 1.165) is 48.3 Å². The van der Waals surface area contributed by atoms with Crippen molar-refractivity contribution >= 4 is 5.97 Å². The van der Waals surface area contributed by atoms with Crippen LogP contribution in [0.15, 0.2) is 59.0 Å². The Morgan fingerprint density at radius 2 is 1.69 bits per heavy atom. The van der Waals surface area contributed by atoms with Crippen molar-refractivity contribution in [2.75, 3.05) is 13.2 Å². The summed E-state index contributed by atoms with van der Waals surface area (Å²) in [6, 6.07) is 18.3. The van der Waals surface area contributed by atoms with Crippen molar-refractivity contribution in [3.8, 4) is 24.3 Å². The number of hydrogen-bond donors (Lipinski definition) is 1. The van der Waals surface area contributed by atoms with Gasteiger partial charge in [-0.15, -0.1) is 12.8 Å². The Kier molecular flexibility index (Phi) is 14.0. The first-order valence-corrected chi connectivity index (χ1v) is 13.3. The van der Waals surface area contributed by atoms with Gasteiger partial charge in [0.05, 0.1) is 25.4 Å². The molecule has 39 heavy (non-hydrogen) atoms. The fourth-order valence-corrected chi connectivity index (χ4v) is 4.21. The molecule has 2 aromatic carbocycles. The maximum atomic E-state index is 11.2. The lowest BCUT2D eigenvalue weighted by molar-refractivity contribution is -0.157. The molecule has 7 nitrogen and oxygen atoms in total. The average molecular weight is 536 g/mol. The lowest BCUT2D eigenvalue weighted by Gasteiger charge is -2.29. The van der Waals surface area contributed by atoms with E-state index in [1.165, 1.54) is 5.56 Å². The van der Waals surface area contributed by atoms with E-state index in [9.17, 15) is 9.90 Å². The van der Waals surface area contributed by atoms with Crippen LogP contribution in [0, 0.1) is 33.6 Å². The van der Waals surface area contributed by atoms with E-state index < -0.39 is 12.1 Å². The highest BCUT2D eigenvalue weighted by molar-refractivity contribution is 5.72. The summed E-state index contributed by atoms with van der Waals surface area (Å²) in [4.78, 5) is 15.8. The summed E-state index contributed by atoms with van der Waals surface area (Å²) in [7, 11) is 0. The number of aliphatic carboxylic acids is 1. The predicted octanol–water partition coefficient (Wildman–Crippen LogP) is 6.54. The topological polar surface area (TPSA) is 91.0 Å². The summed E-state index contributed by atoms with van der Waals surface area (Å²) in [6.45, 7) is 8.59. The van der Waals surface area contributed by atoms with Crippen molar-refractivity contribution in [1.29, 1.82) is 0 Å². The molecule has 3 atom stereocenters. The van der Waals surface area contributed by atoms with Crippen LogP contribution in [-0.2, 0) is 25.6 Å². The normalized spacial score (nSPS) is 17.2. The van der Waals surface area contributed by atoms with Gasteiger partial charge in [-0.05, 0) is 65.5 Å². The monoisotopic (exact) mass is 535 g/mol. The smallest absolute Gasteiger partial charge is 0.335 e. The molecular weight excluding hydrogens is 494 g/mol. The van der Waals surface area contributed by atoms with E-state index in [0.29, 0.717) is 19.1 Å². The SMILES string of the molecule is C#C.CCOC(COC1CCCC(OCc2nc(-c3cccc(C)c3)oc2C)C1)C(=O)O.Cc1ccccc1. The number of terminal acetylenes is 1. The predicted molar refractivity (Wildman–Crippen MR) is 152 cm³/mol. The van der Waals surface area contributed by atoms with Crippen LogP contribution in [0.25, 0.3) is 11.5 Å². The second-order valence-electron chi connectivity index (χ2n) is 9.38. The van der Waals surface area contributed by atoms with Crippen molar-refractivity contribution in [2.45, 2.75) is 78.3 Å². The van der Waals surface area contributed by atoms with Gasteiger partial charge in [-0.1, -0.05) is 53.6 Å². The molecule has 0 bridgehead atoms. The Morgan fingerprint density at radius 1 is 1.03 bits per heavy atom. The fraction of sp³-hybridized carbons (Fsp3) is 0.438. The summed E-state index contributed by atoms with van der Waals surface area (Å²) in [5, 5.41) is 9.18. The van der Waals surface area contributed by atoms with Crippen molar-refractivity contribution in [1.82, 2.24) is 4.98 Å². The minimum absolute atomic E-state index is 0.0210. The van der Waals surface area contributed by atoms with Gasteiger partial charge in [0.15, 0.2) is 6.10 Å². The Hall–Kier alpha value is -3.44. The number of aryl methyl sites for hydroxylation is 3. The Labute approximate surface area is 232 Å². The van der Waals surface area contributed by atoms with Crippen LogP contribution in [0.2, 0.25) is 0 Å². The number of carbonyl (C=O) groups is 1. The van der Waals surface area contributed by atoms with E-state index in [1.54, 1.807) is 6.92 Å². The molecule has 4 rings (SSSR count). The Morgan fingerprint density at radius 3 is 2.28 bits per heavy atom. The molecule has 210 valence electrons. The number of ether oxygens (including phenoxy) is 3. The first-order chi connectivity index (χ1) is 18.9. The van der Waals surface area contributed by atoms with E-state index in [1.807, 2.05) is 56.3 Å². The van der Waals surface area contributed by atoms with Gasteiger partial charge in [0.1, 0.15) is 11.5 Å². The quantitative estimate of drug-likeness (QED) is 0.295. The molecular formula is C32H41NO6. The van der Waals surface area contributed by atoms with Gasteiger partial charge in [0.2, 0.25) is 5.89 Å². The third kappa shape index (κ3) is 11.1. The van der Waals surface area contributed by atoms with Crippen LogP contribution in [0.5, 0.6) is 0 Å². The number of rotatable bonds is 10. The summed E-state index contributed by atoms with van der Waals surface area (Å²) in [6.07, 6.45) is 10.7. The van der Waals surface area contributed by atoms with Crippen LogP contribution in [0.4, 0.5) is 0 Å². The molecule has 0 radical (unpaired) electrons. The third-order valence-electron chi connectivity index (χ3n) is 6.26. The molecule has 1 heterocycles. The van der Waals surface area contributed by atoms with Crippen LogP contribution >= 0.6 is 0 Å². The van der Waals surface area contributed by atoms with Gasteiger partial charge in [0.25, 0.3) is 0 Å². The lowest BCUT2D eigenvalue weighted by Crippen LogP contribution is -2.34. The maximum Gasteiger partial charge on any atom is 0.335 e. The Balaban J connectivity index is 0.000000507. The van der Waals surface area contributed by atoms with Crippen LogP contribution in [0.1, 0.15) is 55.2 Å². The molecule has 0 spiro atoms. The highest BCUT2D eigenvalue weighted by atomic mass is 16.6. The molecule has 1 aromatic heterocycles. The molecule has 7 heteroatoms. The zero-order valence-electron chi connectivity index (χ0n) is 23.5. The maximum absolute atomic E-state index is 11.2. The number of nitrogens with zero attached hydrogens (tertiary/aromatic N) is 1. The van der Waals surface area contributed by atoms with Gasteiger partial charge in [-0.25, -0.2) is 9.78 Å². The van der Waals surface area contributed by atoms with E-state index in [4.69, 9.17) is 18.6 Å². The molecule has 0 amide bonds. The zero-order valence-corrected chi connectivity index (χ0v) is 23.5. The zero-order chi connectivity index (χ0) is 28.6. The summed E-state index contributed by atoms with van der Waals surface area (Å²) in [5.74, 6) is 0.373. The Bertz CT molecular complexity index is 1140. The highest BCUT2D eigenvalue weighted by Gasteiger charge is 2.26. The van der Waals surface area contributed by atoms with E-state index >= 15 is 0 Å². The van der Waals surface area contributed by atoms with Gasteiger partial charge < -0.3 is 23.7 Å². The minimum atomic E-state index is -0.994. The van der Waals surface area contributed by atoms with Crippen LogP contribution < -0.4 is 0 Å². The first kappa shape index (κ1) is 31.8. The van der Waals surface area contributed by atoms with Crippen LogP contribution in [-0.4, -0.2) is 47.6 Å². The summed E-state index contributed by atoms with van der Waals surface area (Å²) < 4.78 is 23.0. The van der Waals surface area contributed by atoms with E-state index in [-0.39, 0.29) is 18.8 Å². The minimum Gasteiger partial charge on any atom is -0.479 e. The molecule has 3 aromatic rings. The third-order valence-corrected chi connectivity index (χ3v) is 6.26. The van der Waals surface area contributed by atoms with E-state index in [2.05, 4.69) is 36.9 Å². The molecule has 0 aliphatic heterocycles. The average Bonchev–Trinajstić information content (AvgIpc) is 3.32. The summed E-state index contributed by atoms with van der Waals surface area (Å²) in [5.41, 5.74) is 4.24. The first-order valence-electron chi connectivity index (χ1n) is 13.3. The fourth-order valence-electron chi connectivity index (χ4n) is 4.21. The van der Waals surface area contributed by atoms with Crippen molar-refractivity contribution in [2.24, 2.45) is 0 Å². The van der Waals surface area contributed by atoms with Crippen LogP contribution in [0.3, 0.4) is 0 Å².